The lowest BCUT2D eigenvalue weighted by Crippen LogP contribution is -2.60. The summed E-state index contributed by atoms with van der Waals surface area (Å²) in [5.74, 6) is -2.37. The number of carboxylic acids is 2. The fourth-order valence-electron chi connectivity index (χ4n) is 3.65. The number of hydrogen-bond acceptors (Lipinski definition) is 2. The van der Waals surface area contributed by atoms with E-state index < -0.39 is 23.4 Å². The summed E-state index contributed by atoms with van der Waals surface area (Å²) in [5.41, 5.74) is 1.38. The molecule has 3 rings (SSSR count). The first kappa shape index (κ1) is 16.7. The number of carbonyl (C=O) groups is 2. The average Bonchev–Trinajstić information content (AvgIpc) is 2.98. The number of fused-ring (bicyclic) bond motifs is 1. The number of allylic oxidation sites excluding steroid dienone is 4. The van der Waals surface area contributed by atoms with Crippen molar-refractivity contribution in [2.75, 3.05) is 0 Å². The minimum Gasteiger partial charge on any atom is -0.481 e. The third kappa shape index (κ3) is 2.87. The summed E-state index contributed by atoms with van der Waals surface area (Å²) in [7, 11) is 0. The van der Waals surface area contributed by atoms with Crippen LogP contribution in [0.15, 0.2) is 67.0 Å². The number of aromatic nitrogens is 2. The molecule has 0 fully saturated rings. The van der Waals surface area contributed by atoms with Gasteiger partial charge in [0.15, 0.2) is 16.6 Å². The standard InChI is InChI=1S/C19H18N2O4/c1-2-14-13(10-17(22)23)6-5-9-19(14,11-18(24)25)21-12-20-15-7-3-4-8-16(15)21/h2-9,12,14H,1,10-11H2,(H2,22,23,24,25)/p+1. The summed E-state index contributed by atoms with van der Waals surface area (Å²) in [6.45, 7) is 3.85. The van der Waals surface area contributed by atoms with E-state index in [1.807, 2.05) is 34.9 Å². The highest BCUT2D eigenvalue weighted by atomic mass is 16.4. The van der Waals surface area contributed by atoms with E-state index in [9.17, 15) is 19.8 Å². The Morgan fingerprint density at radius 1 is 1.28 bits per heavy atom. The summed E-state index contributed by atoms with van der Waals surface area (Å²) < 4.78 is 1.87. The van der Waals surface area contributed by atoms with Gasteiger partial charge in [-0.15, -0.1) is 6.58 Å². The average molecular weight is 339 g/mol. The number of imidazole rings is 1. The molecule has 0 aliphatic heterocycles. The van der Waals surface area contributed by atoms with Crippen LogP contribution in [0.5, 0.6) is 0 Å². The van der Waals surface area contributed by atoms with Crippen molar-refractivity contribution in [2.45, 2.75) is 18.4 Å². The van der Waals surface area contributed by atoms with E-state index in [0.29, 0.717) is 5.57 Å². The Bertz CT molecular complexity index is 909. The smallest absolute Gasteiger partial charge is 0.308 e. The fourth-order valence-corrected chi connectivity index (χ4v) is 3.65. The number of carboxylic acid groups (broad SMARTS) is 2. The molecule has 25 heavy (non-hydrogen) atoms. The maximum absolute atomic E-state index is 11.7. The highest BCUT2D eigenvalue weighted by Crippen LogP contribution is 2.38. The van der Waals surface area contributed by atoms with E-state index in [2.05, 4.69) is 11.6 Å². The molecule has 128 valence electrons. The number of aliphatic carboxylic acids is 2. The number of H-pyrrole nitrogens is 1. The van der Waals surface area contributed by atoms with Gasteiger partial charge in [0.25, 0.3) is 0 Å². The molecule has 3 N–H and O–H groups in total. The zero-order valence-corrected chi connectivity index (χ0v) is 13.6. The van der Waals surface area contributed by atoms with Crippen LogP contribution in [0.1, 0.15) is 12.8 Å². The summed E-state index contributed by atoms with van der Waals surface area (Å²) in [6, 6.07) is 7.58. The number of nitrogens with zero attached hydrogens (tertiary/aromatic N) is 1. The van der Waals surface area contributed by atoms with Crippen molar-refractivity contribution >= 4 is 23.0 Å². The van der Waals surface area contributed by atoms with Gasteiger partial charge in [-0.3, -0.25) is 9.59 Å². The van der Waals surface area contributed by atoms with Gasteiger partial charge in [-0.1, -0.05) is 30.4 Å². The summed E-state index contributed by atoms with van der Waals surface area (Å²) in [4.78, 5) is 26.0. The Morgan fingerprint density at radius 3 is 2.72 bits per heavy atom. The third-order valence-electron chi connectivity index (χ3n) is 4.62. The number of hydrogen-bond donors (Lipinski definition) is 3. The molecule has 1 aliphatic carbocycles. The Kier molecular flexibility index (Phi) is 4.27. The van der Waals surface area contributed by atoms with Crippen LogP contribution in [0, 0.1) is 5.92 Å². The normalized spacial score (nSPS) is 22.6. The zero-order chi connectivity index (χ0) is 18.0. The third-order valence-corrected chi connectivity index (χ3v) is 4.62. The Balaban J connectivity index is 2.21. The number of rotatable bonds is 6. The van der Waals surface area contributed by atoms with Crippen LogP contribution < -0.4 is 4.57 Å². The Labute approximate surface area is 144 Å². The molecule has 0 bridgehead atoms. The van der Waals surface area contributed by atoms with Crippen molar-refractivity contribution in [1.29, 1.82) is 0 Å². The van der Waals surface area contributed by atoms with Crippen LogP contribution in [-0.2, 0) is 15.1 Å². The molecule has 6 heteroatoms. The Hall–Kier alpha value is -3.15. The summed E-state index contributed by atoms with van der Waals surface area (Å²) in [5, 5.41) is 18.8. The molecule has 0 spiro atoms. The Morgan fingerprint density at radius 2 is 2.04 bits per heavy atom. The number of aromatic amines is 1. The van der Waals surface area contributed by atoms with Gasteiger partial charge in [0.05, 0.1) is 12.8 Å². The first-order valence-electron chi connectivity index (χ1n) is 7.90. The monoisotopic (exact) mass is 339 g/mol. The van der Waals surface area contributed by atoms with Crippen LogP contribution in [0.3, 0.4) is 0 Å². The second-order valence-electron chi connectivity index (χ2n) is 6.11. The van der Waals surface area contributed by atoms with E-state index >= 15 is 0 Å². The van der Waals surface area contributed by atoms with E-state index in [-0.39, 0.29) is 12.8 Å². The van der Waals surface area contributed by atoms with Crippen molar-refractivity contribution in [3.8, 4) is 0 Å². The molecular weight excluding hydrogens is 320 g/mol. The molecule has 2 aromatic rings. The molecular formula is C19H19N2O4+. The van der Waals surface area contributed by atoms with E-state index in [1.165, 1.54) is 0 Å². The molecule has 1 heterocycles. The van der Waals surface area contributed by atoms with Crippen molar-refractivity contribution in [1.82, 2.24) is 4.98 Å². The van der Waals surface area contributed by atoms with Crippen molar-refractivity contribution in [2.24, 2.45) is 5.92 Å². The molecule has 1 aromatic carbocycles. The molecule has 2 unspecified atom stereocenters. The van der Waals surface area contributed by atoms with Gasteiger partial charge in [0, 0.05) is 5.92 Å². The number of benzene rings is 1. The molecule has 0 saturated carbocycles. The molecule has 1 aliphatic rings. The van der Waals surface area contributed by atoms with Crippen LogP contribution in [-0.4, -0.2) is 27.1 Å². The maximum Gasteiger partial charge on any atom is 0.308 e. The lowest BCUT2D eigenvalue weighted by atomic mass is 9.72. The van der Waals surface area contributed by atoms with E-state index in [0.717, 1.165) is 11.0 Å². The maximum atomic E-state index is 11.7. The molecule has 0 saturated heterocycles. The second kappa shape index (κ2) is 6.39. The first-order chi connectivity index (χ1) is 12.0. The fraction of sp³-hybridized carbons (Fsp3) is 0.211. The van der Waals surface area contributed by atoms with Crippen LogP contribution in [0.2, 0.25) is 0 Å². The van der Waals surface area contributed by atoms with Crippen LogP contribution >= 0.6 is 0 Å². The van der Waals surface area contributed by atoms with Gasteiger partial charge in [-0.25, -0.2) is 9.55 Å². The highest BCUT2D eigenvalue weighted by molar-refractivity contribution is 5.73. The van der Waals surface area contributed by atoms with E-state index in [4.69, 9.17) is 0 Å². The summed E-state index contributed by atoms with van der Waals surface area (Å²) in [6.07, 6.45) is 8.30. The lowest BCUT2D eigenvalue weighted by molar-refractivity contribution is -0.733. The number of para-hydroxylation sites is 2. The van der Waals surface area contributed by atoms with Gasteiger partial charge in [0.2, 0.25) is 6.33 Å². The van der Waals surface area contributed by atoms with Crippen molar-refractivity contribution in [3.05, 3.63) is 67.0 Å². The number of nitrogens with one attached hydrogen (secondary N) is 1. The quantitative estimate of drug-likeness (QED) is 0.556. The van der Waals surface area contributed by atoms with Crippen LogP contribution in [0.25, 0.3) is 11.0 Å². The largest absolute Gasteiger partial charge is 0.481 e. The van der Waals surface area contributed by atoms with Crippen molar-refractivity contribution in [3.63, 3.8) is 0 Å². The molecule has 0 amide bonds. The van der Waals surface area contributed by atoms with Gasteiger partial charge in [-0.2, -0.15) is 0 Å². The van der Waals surface area contributed by atoms with Crippen LogP contribution in [0.4, 0.5) is 0 Å². The predicted octanol–water partition coefficient (Wildman–Crippen LogP) is 2.40. The topological polar surface area (TPSA) is 94.3 Å². The van der Waals surface area contributed by atoms with Gasteiger partial charge in [-0.05, 0) is 23.8 Å². The first-order valence-corrected chi connectivity index (χ1v) is 7.90. The second-order valence-corrected chi connectivity index (χ2v) is 6.11. The van der Waals surface area contributed by atoms with E-state index in [1.54, 1.807) is 24.6 Å². The zero-order valence-electron chi connectivity index (χ0n) is 13.6. The minimum atomic E-state index is -0.967. The minimum absolute atomic E-state index is 0.161. The van der Waals surface area contributed by atoms with Gasteiger partial charge < -0.3 is 10.2 Å². The SMILES string of the molecule is C=CC1C(CC(=O)O)=CC=CC1(CC(=O)O)[n+]1c[nH]c2ccccc21. The molecule has 6 nitrogen and oxygen atoms in total. The van der Waals surface area contributed by atoms with Crippen molar-refractivity contribution < 1.29 is 24.4 Å². The van der Waals surface area contributed by atoms with Gasteiger partial charge >= 0.3 is 11.9 Å². The van der Waals surface area contributed by atoms with Gasteiger partial charge in [0.1, 0.15) is 0 Å². The summed E-state index contributed by atoms with van der Waals surface area (Å²) >= 11 is 0. The highest BCUT2D eigenvalue weighted by Gasteiger charge is 2.47. The predicted molar refractivity (Wildman–Crippen MR) is 91.9 cm³/mol. The molecule has 2 atom stereocenters. The molecule has 1 aromatic heterocycles. The molecule has 0 radical (unpaired) electrons. The lowest BCUT2D eigenvalue weighted by Gasteiger charge is -2.36.